The van der Waals surface area contributed by atoms with Gasteiger partial charge in [-0.3, -0.25) is 4.79 Å². The molecule has 96 valence electrons. The van der Waals surface area contributed by atoms with Crippen LogP contribution in [0.25, 0.3) is 11.1 Å². The van der Waals surface area contributed by atoms with Gasteiger partial charge in [0.2, 0.25) is 11.6 Å². The van der Waals surface area contributed by atoms with E-state index < -0.39 is 0 Å². The second-order valence-electron chi connectivity index (χ2n) is 5.08. The number of ketones is 1. The number of nitrogens with two attached hydrogens (primary N) is 1. The molecule has 5 heteroatoms. The summed E-state index contributed by atoms with van der Waals surface area (Å²) in [6.45, 7) is 1.88. The van der Waals surface area contributed by atoms with Crippen molar-refractivity contribution in [2.24, 2.45) is 13.0 Å². The first-order valence-electron chi connectivity index (χ1n) is 6.35. The van der Waals surface area contributed by atoms with Crippen molar-refractivity contribution < 1.29 is 9.21 Å². The van der Waals surface area contributed by atoms with E-state index in [9.17, 15) is 4.79 Å². The molecule has 5 nitrogen and oxygen atoms in total. The first-order valence-corrected chi connectivity index (χ1v) is 6.35. The van der Waals surface area contributed by atoms with E-state index in [0.717, 1.165) is 36.8 Å². The Morgan fingerprint density at radius 2 is 2.11 bits per heavy atom. The third-order valence-electron chi connectivity index (χ3n) is 3.84. The number of carbonyl (C=O) groups is 1. The van der Waals surface area contributed by atoms with Gasteiger partial charge in [-0.2, -0.15) is 5.10 Å². The highest BCUT2D eigenvalue weighted by molar-refractivity contribution is 6.12. The highest BCUT2D eigenvalue weighted by atomic mass is 16.4. The zero-order valence-electron chi connectivity index (χ0n) is 10.7. The molecule has 2 N–H and O–H groups in total. The molecule has 2 aromatic rings. The van der Waals surface area contributed by atoms with Crippen molar-refractivity contribution in [2.45, 2.75) is 32.6 Å². The van der Waals surface area contributed by atoms with E-state index in [1.54, 1.807) is 11.7 Å². The highest BCUT2D eigenvalue weighted by Gasteiger charge is 2.30. The van der Waals surface area contributed by atoms with Crippen LogP contribution < -0.4 is 5.73 Å². The SMILES string of the molecule is Cc1nn(C)c2oc(N)c(C(=O)C3CCCC3)c12. The van der Waals surface area contributed by atoms with E-state index in [1.165, 1.54) is 0 Å². The van der Waals surface area contributed by atoms with Crippen LogP contribution in [0.15, 0.2) is 4.42 Å². The molecule has 3 rings (SSSR count). The smallest absolute Gasteiger partial charge is 0.228 e. The molecule has 2 aromatic heterocycles. The second-order valence-corrected chi connectivity index (χ2v) is 5.08. The summed E-state index contributed by atoms with van der Waals surface area (Å²) in [6.07, 6.45) is 4.18. The van der Waals surface area contributed by atoms with Gasteiger partial charge in [-0.25, -0.2) is 4.68 Å². The zero-order valence-corrected chi connectivity index (χ0v) is 10.7. The first kappa shape index (κ1) is 11.3. The fraction of sp³-hybridized carbons (Fsp3) is 0.538. The Bertz CT molecular complexity index is 618. The molecule has 0 saturated heterocycles. The largest absolute Gasteiger partial charge is 0.422 e. The van der Waals surface area contributed by atoms with Gasteiger partial charge in [0.25, 0.3) is 0 Å². The lowest BCUT2D eigenvalue weighted by Crippen LogP contribution is -2.12. The van der Waals surface area contributed by atoms with Crippen molar-refractivity contribution in [3.05, 3.63) is 11.3 Å². The molecule has 0 amide bonds. The number of nitrogens with zero attached hydrogens (tertiary/aromatic N) is 2. The maximum absolute atomic E-state index is 12.5. The van der Waals surface area contributed by atoms with Crippen LogP contribution in [0, 0.1) is 12.8 Å². The quantitative estimate of drug-likeness (QED) is 0.827. The number of carbonyl (C=O) groups excluding carboxylic acids is 1. The number of nitrogen functional groups attached to an aromatic ring is 1. The van der Waals surface area contributed by atoms with Crippen LogP contribution in [0.5, 0.6) is 0 Å². The number of aromatic nitrogens is 2. The molecule has 0 aliphatic heterocycles. The molecule has 18 heavy (non-hydrogen) atoms. The van der Waals surface area contributed by atoms with E-state index in [2.05, 4.69) is 5.10 Å². The molecule has 1 saturated carbocycles. The van der Waals surface area contributed by atoms with Gasteiger partial charge in [-0.15, -0.1) is 0 Å². The molecule has 1 fully saturated rings. The summed E-state index contributed by atoms with van der Waals surface area (Å²) in [4.78, 5) is 12.5. The molecule has 2 heterocycles. The molecule has 0 atom stereocenters. The van der Waals surface area contributed by atoms with Gasteiger partial charge in [-0.1, -0.05) is 12.8 Å². The summed E-state index contributed by atoms with van der Waals surface area (Å²) in [6, 6.07) is 0. The Labute approximate surface area is 105 Å². The fourth-order valence-corrected chi connectivity index (χ4v) is 2.96. The summed E-state index contributed by atoms with van der Waals surface area (Å²) < 4.78 is 7.12. The van der Waals surface area contributed by atoms with Gasteiger partial charge < -0.3 is 10.2 Å². The fourth-order valence-electron chi connectivity index (χ4n) is 2.96. The van der Waals surface area contributed by atoms with Crippen molar-refractivity contribution in [1.29, 1.82) is 0 Å². The molecule has 0 aromatic carbocycles. The van der Waals surface area contributed by atoms with Crippen molar-refractivity contribution in [3.8, 4) is 0 Å². The molecule has 0 unspecified atom stereocenters. The lowest BCUT2D eigenvalue weighted by atomic mass is 9.95. The van der Waals surface area contributed by atoms with Crippen molar-refractivity contribution in [3.63, 3.8) is 0 Å². The molecule has 0 bridgehead atoms. The number of hydrogen-bond acceptors (Lipinski definition) is 4. The van der Waals surface area contributed by atoms with Crippen molar-refractivity contribution in [1.82, 2.24) is 9.78 Å². The summed E-state index contributed by atoms with van der Waals surface area (Å²) in [5.74, 6) is 0.463. The number of Topliss-reactive ketones (excluding diaryl/α,β-unsaturated/α-hetero) is 1. The summed E-state index contributed by atoms with van der Waals surface area (Å²) in [7, 11) is 1.79. The van der Waals surface area contributed by atoms with E-state index in [4.69, 9.17) is 10.2 Å². The number of rotatable bonds is 2. The summed E-state index contributed by atoms with van der Waals surface area (Å²) in [5, 5.41) is 5.06. The van der Waals surface area contributed by atoms with Crippen LogP contribution in [0.3, 0.4) is 0 Å². The van der Waals surface area contributed by atoms with E-state index in [1.807, 2.05) is 6.92 Å². The van der Waals surface area contributed by atoms with Gasteiger partial charge in [0.05, 0.1) is 16.6 Å². The van der Waals surface area contributed by atoms with Gasteiger partial charge in [0.1, 0.15) is 0 Å². The molecular formula is C13H17N3O2. The summed E-state index contributed by atoms with van der Waals surface area (Å²) >= 11 is 0. The topological polar surface area (TPSA) is 74.1 Å². The van der Waals surface area contributed by atoms with Crippen LogP contribution >= 0.6 is 0 Å². The number of fused-ring (bicyclic) bond motifs is 1. The standard InChI is InChI=1S/C13H17N3O2/c1-7-9-10(11(17)8-5-3-4-6-8)12(14)18-13(9)16(2)15-7/h8H,3-6,14H2,1-2H3. The molecule has 0 radical (unpaired) electrons. The molecule has 0 spiro atoms. The number of furan rings is 1. The first-order chi connectivity index (χ1) is 8.59. The normalized spacial score (nSPS) is 16.8. The van der Waals surface area contributed by atoms with Gasteiger partial charge in [0.15, 0.2) is 5.78 Å². The molecule has 1 aliphatic carbocycles. The van der Waals surface area contributed by atoms with E-state index in [-0.39, 0.29) is 17.6 Å². The Hall–Kier alpha value is -1.78. The third-order valence-corrected chi connectivity index (χ3v) is 3.84. The van der Waals surface area contributed by atoms with Crippen LogP contribution in [0.4, 0.5) is 5.88 Å². The minimum atomic E-state index is 0.104. The Kier molecular flexibility index (Phi) is 2.43. The molecule has 1 aliphatic rings. The monoisotopic (exact) mass is 247 g/mol. The maximum atomic E-state index is 12.5. The lowest BCUT2D eigenvalue weighted by Gasteiger charge is -2.06. The van der Waals surface area contributed by atoms with E-state index >= 15 is 0 Å². The van der Waals surface area contributed by atoms with Crippen molar-refractivity contribution >= 4 is 22.8 Å². The number of aryl methyl sites for hydroxylation is 2. The van der Waals surface area contributed by atoms with Crippen LogP contribution in [-0.4, -0.2) is 15.6 Å². The van der Waals surface area contributed by atoms with Crippen LogP contribution in [0.2, 0.25) is 0 Å². The minimum absolute atomic E-state index is 0.104. The average molecular weight is 247 g/mol. The second kappa shape index (κ2) is 3.86. The number of hydrogen-bond donors (Lipinski definition) is 1. The predicted octanol–water partition coefficient (Wildman–Crippen LogP) is 2.43. The predicted molar refractivity (Wildman–Crippen MR) is 68.4 cm³/mol. The van der Waals surface area contributed by atoms with Crippen LogP contribution in [-0.2, 0) is 7.05 Å². The zero-order chi connectivity index (χ0) is 12.9. The van der Waals surface area contributed by atoms with Crippen molar-refractivity contribution in [2.75, 3.05) is 5.73 Å². The highest BCUT2D eigenvalue weighted by Crippen LogP contribution is 2.36. The minimum Gasteiger partial charge on any atom is -0.422 e. The number of anilines is 1. The van der Waals surface area contributed by atoms with Gasteiger partial charge >= 0.3 is 0 Å². The Morgan fingerprint density at radius 3 is 2.78 bits per heavy atom. The maximum Gasteiger partial charge on any atom is 0.228 e. The Balaban J connectivity index is 2.15. The third kappa shape index (κ3) is 1.46. The lowest BCUT2D eigenvalue weighted by molar-refractivity contribution is 0.0925. The Morgan fingerprint density at radius 1 is 1.44 bits per heavy atom. The molecular weight excluding hydrogens is 230 g/mol. The van der Waals surface area contributed by atoms with Gasteiger partial charge in [0, 0.05) is 13.0 Å². The summed E-state index contributed by atoms with van der Waals surface area (Å²) in [5.41, 5.74) is 7.81. The van der Waals surface area contributed by atoms with Crippen LogP contribution in [0.1, 0.15) is 41.7 Å². The average Bonchev–Trinajstić information content (AvgIpc) is 2.98. The van der Waals surface area contributed by atoms with Gasteiger partial charge in [-0.05, 0) is 19.8 Å². The van der Waals surface area contributed by atoms with E-state index in [0.29, 0.717) is 11.3 Å².